The summed E-state index contributed by atoms with van der Waals surface area (Å²) in [5.74, 6) is -7.39. The summed E-state index contributed by atoms with van der Waals surface area (Å²) in [6.45, 7) is 8.97. The van der Waals surface area contributed by atoms with Gasteiger partial charge in [-0.2, -0.15) is 12.6 Å². The molecule has 460 valence electrons. The number of phenols is 2. The predicted molar refractivity (Wildman–Crippen MR) is 322 cm³/mol. The Hall–Kier alpha value is -8.55. The van der Waals surface area contributed by atoms with Gasteiger partial charge in [-0.25, -0.2) is 0 Å². The average Bonchev–Trinajstić information content (AvgIpc) is 3.58. The standard InChI is InChI=1S/C60H82N12O12S/c1-34(2)25-46(69-57(81)48(29-38-13-9-7-10-14-38)67-51(75)31-63-53(77)36(5)65-55(79)44(61)27-40-17-21-42(73)22-18-40)59(83)71-50(33-85)72-60(84)47(26-35(3)4)70-58(82)49(30-39-15-11-8-12-16-39)68-52(76)32-64-54(78)37(6)66-56(80)45(62)28-41-19-23-43(74)24-20-41/h7-24,34-37,44-50,73-74,85H,25-33,61-62H2,1-6H3,(H,63,77)(H,64,78)(H,65,79)(H,66,80)(H,67,75)(H,68,76)(H,69,81)(H,70,82)(H,71,83)(H,72,84)/t36-,37-,44+,45+,46+,47+,48+,49+/m1/s1. The number of benzene rings is 4. The van der Waals surface area contributed by atoms with E-state index < -0.39 is 127 Å². The maximum absolute atomic E-state index is 14.2. The molecule has 0 aromatic heterocycles. The zero-order chi connectivity index (χ0) is 62.8. The maximum Gasteiger partial charge on any atom is 0.244 e. The normalized spacial score (nSPS) is 13.9. The molecule has 4 rings (SSSR count). The number of phenolic OH excluding ortho intramolecular Hbond substituents is 2. The SMILES string of the molecule is CC(C)C[C@H](NC(=O)[C@H](Cc1ccccc1)NC(=O)CNC(=O)[C@@H](C)NC(=O)[C@@H](N)Cc1ccc(O)cc1)C(=O)NC(CS)NC(=O)[C@H](CC(C)C)NC(=O)[C@H](Cc1ccccc1)NC(=O)CNC(=O)[C@@H](C)NC(=O)[C@@H](N)Cc1ccc(O)cc1. The first-order valence-electron chi connectivity index (χ1n) is 28.0. The Bertz CT molecular complexity index is 2680. The van der Waals surface area contributed by atoms with Crippen molar-refractivity contribution in [2.45, 2.75) is 135 Å². The van der Waals surface area contributed by atoms with Gasteiger partial charge in [0, 0.05) is 18.6 Å². The second kappa shape index (κ2) is 34.9. The number of hydrogen-bond donors (Lipinski definition) is 15. The summed E-state index contributed by atoms with van der Waals surface area (Å²) in [4.78, 5) is 135. The number of amides is 10. The van der Waals surface area contributed by atoms with Gasteiger partial charge in [0.05, 0.1) is 25.2 Å². The van der Waals surface area contributed by atoms with Gasteiger partial charge in [0.1, 0.15) is 53.9 Å². The molecule has 25 heteroatoms. The van der Waals surface area contributed by atoms with Crippen LogP contribution < -0.4 is 64.6 Å². The second-order valence-corrected chi connectivity index (χ2v) is 22.0. The summed E-state index contributed by atoms with van der Waals surface area (Å²) in [5.41, 5.74) is 14.8. The quantitative estimate of drug-likeness (QED) is 0.0217. The Morgan fingerprint density at radius 3 is 1.02 bits per heavy atom. The molecule has 0 bridgehead atoms. The van der Waals surface area contributed by atoms with Crippen molar-refractivity contribution in [2.24, 2.45) is 23.3 Å². The van der Waals surface area contributed by atoms with Gasteiger partial charge in [0.25, 0.3) is 0 Å². The van der Waals surface area contributed by atoms with E-state index in [4.69, 9.17) is 11.5 Å². The third-order valence-electron chi connectivity index (χ3n) is 13.2. The van der Waals surface area contributed by atoms with Crippen molar-refractivity contribution < 1.29 is 58.2 Å². The smallest absolute Gasteiger partial charge is 0.244 e. The van der Waals surface area contributed by atoms with Crippen LogP contribution in [0.4, 0.5) is 0 Å². The Morgan fingerprint density at radius 2 is 0.706 bits per heavy atom. The van der Waals surface area contributed by atoms with Crippen LogP contribution in [0.5, 0.6) is 11.5 Å². The first-order valence-corrected chi connectivity index (χ1v) is 28.7. The zero-order valence-corrected chi connectivity index (χ0v) is 49.6. The number of aromatic hydroxyl groups is 2. The van der Waals surface area contributed by atoms with Gasteiger partial charge in [-0.15, -0.1) is 0 Å². The first-order chi connectivity index (χ1) is 40.3. The van der Waals surface area contributed by atoms with Crippen molar-refractivity contribution in [1.29, 1.82) is 0 Å². The Labute approximate surface area is 500 Å². The molecule has 0 saturated carbocycles. The molecule has 24 nitrogen and oxygen atoms in total. The molecule has 4 aromatic carbocycles. The molecule has 10 amide bonds. The van der Waals surface area contributed by atoms with Crippen molar-refractivity contribution in [2.75, 3.05) is 18.8 Å². The number of nitrogens with two attached hydrogens (primary N) is 2. The van der Waals surface area contributed by atoms with E-state index in [1.807, 2.05) is 27.7 Å². The summed E-state index contributed by atoms with van der Waals surface area (Å²) in [6.07, 6.45) is -0.673. The molecule has 0 radical (unpaired) electrons. The Balaban J connectivity index is 1.39. The molecule has 0 fully saturated rings. The van der Waals surface area contributed by atoms with Crippen LogP contribution >= 0.6 is 12.6 Å². The minimum Gasteiger partial charge on any atom is -0.508 e. The fourth-order valence-electron chi connectivity index (χ4n) is 8.60. The number of hydrogen-bond acceptors (Lipinski definition) is 15. The van der Waals surface area contributed by atoms with Crippen LogP contribution in [-0.4, -0.2) is 143 Å². The molecule has 85 heavy (non-hydrogen) atoms. The molecule has 0 saturated heterocycles. The summed E-state index contributed by atoms with van der Waals surface area (Å²) < 4.78 is 0. The van der Waals surface area contributed by atoms with Gasteiger partial charge >= 0.3 is 0 Å². The molecule has 0 unspecified atom stereocenters. The lowest BCUT2D eigenvalue weighted by Crippen LogP contribution is -2.61. The van der Waals surface area contributed by atoms with Crippen LogP contribution in [0.15, 0.2) is 109 Å². The average molecular weight is 1200 g/mol. The van der Waals surface area contributed by atoms with Crippen LogP contribution in [0.1, 0.15) is 76.6 Å². The lowest BCUT2D eigenvalue weighted by Gasteiger charge is -2.28. The third kappa shape index (κ3) is 25.1. The van der Waals surface area contributed by atoms with Gasteiger partial charge in [-0.3, -0.25) is 47.9 Å². The van der Waals surface area contributed by atoms with Crippen molar-refractivity contribution in [3.05, 3.63) is 131 Å². The molecule has 16 N–H and O–H groups in total. The number of nitrogens with one attached hydrogen (secondary N) is 10. The van der Waals surface area contributed by atoms with Crippen LogP contribution in [0.3, 0.4) is 0 Å². The van der Waals surface area contributed by atoms with Crippen molar-refractivity contribution in [1.82, 2.24) is 53.2 Å². The Morgan fingerprint density at radius 1 is 0.388 bits per heavy atom. The minimum absolute atomic E-state index is 0.0140. The number of carbonyl (C=O) groups excluding carboxylic acids is 10. The number of rotatable bonds is 33. The predicted octanol–water partition coefficient (Wildman–Crippen LogP) is -0.216. The highest BCUT2D eigenvalue weighted by molar-refractivity contribution is 7.80. The van der Waals surface area contributed by atoms with Gasteiger partial charge in [0.2, 0.25) is 59.1 Å². The van der Waals surface area contributed by atoms with Gasteiger partial charge in [-0.05, 0) is 97.9 Å². The maximum atomic E-state index is 14.2. The molecular weight excluding hydrogens is 1110 g/mol. The highest BCUT2D eigenvalue weighted by atomic mass is 32.1. The summed E-state index contributed by atoms with van der Waals surface area (Å²) >= 11 is 4.39. The number of carbonyl (C=O) groups is 10. The summed E-state index contributed by atoms with van der Waals surface area (Å²) in [5, 5.41) is 45.3. The molecule has 8 atom stereocenters. The fraction of sp³-hybridized carbons (Fsp3) is 0.433. The number of thiol groups is 1. The molecule has 0 aliphatic rings. The van der Waals surface area contributed by atoms with E-state index >= 15 is 0 Å². The lowest BCUT2D eigenvalue weighted by atomic mass is 10.0. The highest BCUT2D eigenvalue weighted by Gasteiger charge is 2.33. The highest BCUT2D eigenvalue weighted by Crippen LogP contribution is 2.14. The molecule has 0 heterocycles. The third-order valence-corrected chi connectivity index (χ3v) is 13.5. The fourth-order valence-corrected chi connectivity index (χ4v) is 8.78. The van der Waals surface area contributed by atoms with Gasteiger partial charge in [0.15, 0.2) is 0 Å². The van der Waals surface area contributed by atoms with Gasteiger partial charge < -0.3 is 74.8 Å². The van der Waals surface area contributed by atoms with Gasteiger partial charge in [-0.1, -0.05) is 113 Å². The van der Waals surface area contributed by atoms with Crippen LogP contribution in [-0.2, 0) is 73.6 Å². The lowest BCUT2D eigenvalue weighted by molar-refractivity contribution is -0.134. The summed E-state index contributed by atoms with van der Waals surface area (Å²) in [6, 6.07) is 20.7. The van der Waals surface area contributed by atoms with Crippen molar-refractivity contribution in [3.8, 4) is 11.5 Å². The second-order valence-electron chi connectivity index (χ2n) is 21.6. The van der Waals surface area contributed by atoms with E-state index in [1.54, 1.807) is 84.9 Å². The topological polar surface area (TPSA) is 383 Å². The van der Waals surface area contributed by atoms with E-state index in [9.17, 15) is 58.2 Å². The zero-order valence-electron chi connectivity index (χ0n) is 48.7. The Kier molecular flexibility index (Phi) is 28.3. The monoisotopic (exact) mass is 1190 g/mol. The van der Waals surface area contributed by atoms with Crippen LogP contribution in [0.2, 0.25) is 0 Å². The van der Waals surface area contributed by atoms with E-state index in [1.165, 1.54) is 38.1 Å². The van der Waals surface area contributed by atoms with E-state index in [0.717, 1.165) is 0 Å². The van der Waals surface area contributed by atoms with Crippen molar-refractivity contribution >= 4 is 71.7 Å². The van der Waals surface area contributed by atoms with Crippen LogP contribution in [0.25, 0.3) is 0 Å². The van der Waals surface area contributed by atoms with Crippen LogP contribution in [0, 0.1) is 11.8 Å². The largest absolute Gasteiger partial charge is 0.508 e. The van der Waals surface area contributed by atoms with E-state index in [0.29, 0.717) is 22.3 Å². The molecular formula is C60H82N12O12S. The first kappa shape index (κ1) is 68.9. The molecule has 0 aliphatic heterocycles. The van der Waals surface area contributed by atoms with E-state index in [2.05, 4.69) is 65.8 Å². The molecule has 4 aromatic rings. The summed E-state index contributed by atoms with van der Waals surface area (Å²) in [7, 11) is 0. The van der Waals surface area contributed by atoms with Crippen molar-refractivity contribution in [3.63, 3.8) is 0 Å². The molecule has 0 spiro atoms. The van der Waals surface area contributed by atoms with E-state index in [-0.39, 0.29) is 67.6 Å². The molecule has 0 aliphatic carbocycles. The minimum atomic E-state index is -1.25.